The number of carbonyl (C=O) groups excluding carboxylic acids is 1. The highest BCUT2D eigenvalue weighted by Crippen LogP contribution is 2.22. The standard InChI is InChI=1S/C11H21NO6/c1-3-4-17-11-8(12-6(2)14)10(16)9(15)7(5-13)18-11/h7-11,13,15-16H,3-5H2,1-2H3,(H,12,14)/t7?,8-,9-,10?,11+/m0/s1. The Morgan fingerprint density at radius 2 is 2.06 bits per heavy atom. The molecule has 0 aromatic carbocycles. The number of hydrogen-bond donors (Lipinski definition) is 4. The van der Waals surface area contributed by atoms with Crippen molar-refractivity contribution < 1.29 is 29.6 Å². The molecule has 7 nitrogen and oxygen atoms in total. The second kappa shape index (κ2) is 7.01. The van der Waals surface area contributed by atoms with Gasteiger partial charge in [0.1, 0.15) is 24.4 Å². The van der Waals surface area contributed by atoms with Crippen LogP contribution in [0.1, 0.15) is 20.3 Å². The molecule has 0 bridgehead atoms. The fraction of sp³-hybridized carbons (Fsp3) is 0.909. The summed E-state index contributed by atoms with van der Waals surface area (Å²) in [6.07, 6.45) is -3.58. The Morgan fingerprint density at radius 1 is 1.39 bits per heavy atom. The van der Waals surface area contributed by atoms with Gasteiger partial charge >= 0.3 is 0 Å². The molecule has 5 atom stereocenters. The highest BCUT2D eigenvalue weighted by atomic mass is 16.7. The summed E-state index contributed by atoms with van der Waals surface area (Å²) < 4.78 is 10.7. The summed E-state index contributed by atoms with van der Waals surface area (Å²) >= 11 is 0. The number of nitrogens with one attached hydrogen (secondary N) is 1. The van der Waals surface area contributed by atoms with Gasteiger partial charge in [-0.3, -0.25) is 4.79 Å². The number of amides is 1. The lowest BCUT2D eigenvalue weighted by Gasteiger charge is -2.42. The highest BCUT2D eigenvalue weighted by molar-refractivity contribution is 5.73. The molecule has 4 N–H and O–H groups in total. The number of carbonyl (C=O) groups is 1. The van der Waals surface area contributed by atoms with Gasteiger partial charge in [-0.1, -0.05) is 6.92 Å². The predicted octanol–water partition coefficient (Wildman–Crippen LogP) is -1.64. The van der Waals surface area contributed by atoms with Crippen LogP contribution in [0.15, 0.2) is 0 Å². The first kappa shape index (κ1) is 15.3. The molecule has 18 heavy (non-hydrogen) atoms. The maximum absolute atomic E-state index is 11.1. The molecule has 7 heteroatoms. The molecule has 106 valence electrons. The number of aliphatic hydroxyl groups excluding tert-OH is 3. The molecule has 0 saturated carbocycles. The van der Waals surface area contributed by atoms with E-state index < -0.39 is 37.3 Å². The number of rotatable bonds is 5. The van der Waals surface area contributed by atoms with Gasteiger partial charge in [0.25, 0.3) is 0 Å². The average molecular weight is 263 g/mol. The molecule has 0 spiro atoms. The summed E-state index contributed by atoms with van der Waals surface area (Å²) in [7, 11) is 0. The van der Waals surface area contributed by atoms with Gasteiger partial charge in [-0.2, -0.15) is 0 Å². The van der Waals surface area contributed by atoms with Crippen molar-refractivity contribution in [3.8, 4) is 0 Å². The predicted molar refractivity (Wildman–Crippen MR) is 61.6 cm³/mol. The number of ether oxygens (including phenoxy) is 2. The van der Waals surface area contributed by atoms with E-state index in [0.29, 0.717) is 6.61 Å². The second-order valence-electron chi connectivity index (χ2n) is 4.30. The molecule has 1 fully saturated rings. The van der Waals surface area contributed by atoms with E-state index in [1.807, 2.05) is 6.92 Å². The minimum absolute atomic E-state index is 0.359. The first-order valence-electron chi connectivity index (χ1n) is 6.02. The van der Waals surface area contributed by atoms with Crippen molar-refractivity contribution in [3.63, 3.8) is 0 Å². The summed E-state index contributed by atoms with van der Waals surface area (Å²) in [6, 6.07) is -0.855. The highest BCUT2D eigenvalue weighted by Gasteiger charge is 2.45. The first-order valence-corrected chi connectivity index (χ1v) is 6.02. The van der Waals surface area contributed by atoms with Crippen molar-refractivity contribution in [1.82, 2.24) is 5.32 Å². The second-order valence-corrected chi connectivity index (χ2v) is 4.30. The van der Waals surface area contributed by atoms with Crippen LogP contribution in [0, 0.1) is 0 Å². The topological polar surface area (TPSA) is 108 Å². The molecule has 0 aromatic heterocycles. The first-order chi connectivity index (χ1) is 8.51. The van der Waals surface area contributed by atoms with Gasteiger partial charge in [-0.25, -0.2) is 0 Å². The Bertz CT molecular complexity index is 274. The smallest absolute Gasteiger partial charge is 0.217 e. The molecular weight excluding hydrogens is 242 g/mol. The minimum Gasteiger partial charge on any atom is -0.394 e. The lowest BCUT2D eigenvalue weighted by Crippen LogP contribution is -2.64. The largest absolute Gasteiger partial charge is 0.394 e. The molecule has 1 saturated heterocycles. The van der Waals surface area contributed by atoms with Gasteiger partial charge in [-0.15, -0.1) is 0 Å². The van der Waals surface area contributed by atoms with Crippen LogP contribution in [0.5, 0.6) is 0 Å². The molecular formula is C11H21NO6. The van der Waals surface area contributed by atoms with Crippen LogP contribution in [0.2, 0.25) is 0 Å². The number of aliphatic hydroxyl groups is 3. The van der Waals surface area contributed by atoms with Gasteiger partial charge in [-0.05, 0) is 6.42 Å². The summed E-state index contributed by atoms with van der Waals surface area (Å²) in [5.41, 5.74) is 0. The van der Waals surface area contributed by atoms with Crippen molar-refractivity contribution in [2.45, 2.75) is 50.9 Å². The van der Waals surface area contributed by atoms with Crippen molar-refractivity contribution in [2.75, 3.05) is 13.2 Å². The monoisotopic (exact) mass is 263 g/mol. The van der Waals surface area contributed by atoms with Crippen molar-refractivity contribution >= 4 is 5.91 Å². The van der Waals surface area contributed by atoms with Gasteiger partial charge in [0.15, 0.2) is 6.29 Å². The molecule has 1 aliphatic heterocycles. The van der Waals surface area contributed by atoms with Crippen molar-refractivity contribution in [1.29, 1.82) is 0 Å². The van der Waals surface area contributed by atoms with Crippen LogP contribution in [0.4, 0.5) is 0 Å². The van der Waals surface area contributed by atoms with Crippen molar-refractivity contribution in [3.05, 3.63) is 0 Å². The molecule has 0 aromatic rings. The Morgan fingerprint density at radius 3 is 2.56 bits per heavy atom. The normalized spacial score (nSPS) is 36.4. The molecule has 1 heterocycles. The lowest BCUT2D eigenvalue weighted by molar-refractivity contribution is -0.270. The minimum atomic E-state index is -1.27. The number of hydrogen-bond acceptors (Lipinski definition) is 6. The zero-order valence-corrected chi connectivity index (χ0v) is 10.6. The van der Waals surface area contributed by atoms with Gasteiger partial charge in [0, 0.05) is 13.5 Å². The van der Waals surface area contributed by atoms with E-state index in [4.69, 9.17) is 14.6 Å². The summed E-state index contributed by atoms with van der Waals surface area (Å²) in [5, 5.41) is 31.2. The Balaban J connectivity index is 2.76. The maximum atomic E-state index is 11.1. The Hall–Kier alpha value is -0.730. The van der Waals surface area contributed by atoms with E-state index in [0.717, 1.165) is 6.42 Å². The fourth-order valence-corrected chi connectivity index (χ4v) is 1.85. The molecule has 1 rings (SSSR count). The van der Waals surface area contributed by atoms with Gasteiger partial charge < -0.3 is 30.1 Å². The molecule has 0 radical (unpaired) electrons. The fourth-order valence-electron chi connectivity index (χ4n) is 1.85. The molecule has 1 amide bonds. The summed E-state index contributed by atoms with van der Waals surface area (Å²) in [4.78, 5) is 11.1. The van der Waals surface area contributed by atoms with Crippen LogP contribution in [0.3, 0.4) is 0 Å². The van der Waals surface area contributed by atoms with Crippen LogP contribution < -0.4 is 5.32 Å². The zero-order valence-electron chi connectivity index (χ0n) is 10.6. The van der Waals surface area contributed by atoms with E-state index in [9.17, 15) is 15.0 Å². The summed E-state index contributed by atoms with van der Waals surface area (Å²) in [6.45, 7) is 3.16. The zero-order chi connectivity index (χ0) is 13.7. The maximum Gasteiger partial charge on any atom is 0.217 e. The van der Waals surface area contributed by atoms with E-state index in [-0.39, 0.29) is 5.91 Å². The molecule has 2 unspecified atom stereocenters. The third kappa shape index (κ3) is 3.63. The Kier molecular flexibility index (Phi) is 5.97. The molecule has 0 aliphatic carbocycles. The van der Waals surface area contributed by atoms with Crippen LogP contribution >= 0.6 is 0 Å². The van der Waals surface area contributed by atoms with E-state index in [2.05, 4.69) is 5.32 Å². The third-order valence-corrected chi connectivity index (χ3v) is 2.74. The lowest BCUT2D eigenvalue weighted by atomic mass is 9.97. The van der Waals surface area contributed by atoms with Crippen LogP contribution in [-0.4, -0.2) is 65.1 Å². The van der Waals surface area contributed by atoms with E-state index >= 15 is 0 Å². The quantitative estimate of drug-likeness (QED) is 0.473. The Labute approximate surface area is 106 Å². The van der Waals surface area contributed by atoms with Crippen molar-refractivity contribution in [2.24, 2.45) is 0 Å². The average Bonchev–Trinajstić information content (AvgIpc) is 2.33. The SMILES string of the molecule is CCCO[C@@H]1OC(CO)[C@H](O)C(O)[C@@H]1NC(C)=O. The molecule has 1 aliphatic rings. The van der Waals surface area contributed by atoms with Gasteiger partial charge in [0.2, 0.25) is 5.91 Å². The summed E-state index contributed by atoms with van der Waals surface area (Å²) in [5.74, 6) is -0.359. The van der Waals surface area contributed by atoms with Crippen LogP contribution in [0.25, 0.3) is 0 Å². The third-order valence-electron chi connectivity index (χ3n) is 2.74. The van der Waals surface area contributed by atoms with E-state index in [1.165, 1.54) is 6.92 Å². The van der Waals surface area contributed by atoms with Gasteiger partial charge in [0.05, 0.1) is 6.61 Å². The van der Waals surface area contributed by atoms with E-state index in [1.54, 1.807) is 0 Å². The van der Waals surface area contributed by atoms with Crippen LogP contribution in [-0.2, 0) is 14.3 Å².